The molecule has 674 valence electrons. The molecule has 0 aliphatic heterocycles. The minimum absolute atomic E-state index is 0.0866. The van der Waals surface area contributed by atoms with Gasteiger partial charge in [-0.25, -0.2) is 9.13 Å². The van der Waals surface area contributed by atoms with Crippen LogP contribution >= 0.6 is 15.6 Å². The number of hydrogen-bond acceptors (Lipinski definition) is 14. The van der Waals surface area contributed by atoms with Gasteiger partial charge in [0.25, 0.3) is 0 Å². The summed E-state index contributed by atoms with van der Waals surface area (Å²) in [6, 6.07) is 0. The third-order valence-corrected chi connectivity index (χ3v) is 21.9. The maximum atomic E-state index is 13.1. The van der Waals surface area contributed by atoms with Crippen LogP contribution in [0.1, 0.15) is 406 Å². The molecule has 4 N–H and O–H groups in total. The van der Waals surface area contributed by atoms with Crippen LogP contribution in [0.2, 0.25) is 0 Å². The second-order valence-corrected chi connectivity index (χ2v) is 34.4. The van der Waals surface area contributed by atoms with Gasteiger partial charge in [0.1, 0.15) is 25.4 Å². The molecule has 0 radical (unpaired) electrons. The van der Waals surface area contributed by atoms with Crippen LogP contribution in [0.3, 0.4) is 0 Å². The normalized spacial score (nSPS) is 14.4. The molecule has 0 fully saturated rings. The maximum Gasteiger partial charge on any atom is 0.472 e. The number of phosphoric acid groups is 2. The summed E-state index contributed by atoms with van der Waals surface area (Å²) in [5.41, 5.74) is 0. The average molecular weight is 1680 g/mol. The van der Waals surface area contributed by atoms with E-state index < -0.39 is 91.5 Å². The number of aliphatic hydroxyl groups excluding tert-OH is 2. The Morgan fingerprint density at radius 3 is 0.675 bits per heavy atom. The van der Waals surface area contributed by atoms with E-state index in [2.05, 4.69) is 167 Å². The quantitative estimate of drug-likeness (QED) is 0.0146. The van der Waals surface area contributed by atoms with E-state index in [1.807, 2.05) is 0 Å². The van der Waals surface area contributed by atoms with Gasteiger partial charge in [-0.3, -0.25) is 32.5 Å². The first-order valence-electron chi connectivity index (χ1n) is 47.1. The van der Waals surface area contributed by atoms with Gasteiger partial charge in [0.05, 0.1) is 26.4 Å². The lowest BCUT2D eigenvalue weighted by molar-refractivity contribution is -0.161. The number of carbonyl (C=O) groups is 3. The van der Waals surface area contributed by atoms with Crippen LogP contribution in [0.5, 0.6) is 0 Å². The van der Waals surface area contributed by atoms with Crippen LogP contribution in [0, 0.1) is 0 Å². The predicted molar refractivity (Wildman–Crippen MR) is 491 cm³/mol. The number of unbranched alkanes of at least 4 members (excludes halogenated alkanes) is 42. The van der Waals surface area contributed by atoms with Crippen molar-refractivity contribution in [3.05, 3.63) is 146 Å². The van der Waals surface area contributed by atoms with E-state index in [-0.39, 0.29) is 19.3 Å². The van der Waals surface area contributed by atoms with Crippen molar-refractivity contribution >= 4 is 33.6 Å². The zero-order valence-corrected chi connectivity index (χ0v) is 76.1. The standard InChI is InChI=1S/C99H172O16P2/c1-4-7-10-13-16-19-22-25-28-31-34-37-40-41-42-43-44-45-46-47-48-49-50-51-54-56-58-61-64-67-70-73-76-79-82-85-97(102)109-88-94(100)89-111-116(105,106)112-90-95(101)91-113-117(107,108)114-93-96(115-99(104)87-84-81-78-75-72-69-66-63-60-57-53-39-36-33-30-27-24-21-18-15-12-9-6-3)92-110-98(103)86-83-80-77-74-71-68-65-62-59-55-52-38-35-32-29-26-23-20-17-14-11-8-5-2/h16-21,25-30,34-39,41-42,55,57,59-60,94-96,100-101H,4-15,22-24,31-33,40,43-54,56,58,61-93H2,1-3H3,(H,105,106)(H,107,108)/b19-16-,20-17-,21-18-,28-25-,29-26-,30-27-,37-34-,38-35-,39-36-,42-41-,59-55-,60-57-. The summed E-state index contributed by atoms with van der Waals surface area (Å²) in [4.78, 5) is 59.0. The lowest BCUT2D eigenvalue weighted by Crippen LogP contribution is -2.30. The fourth-order valence-electron chi connectivity index (χ4n) is 12.8. The first-order chi connectivity index (χ1) is 57.2. The molecule has 0 rings (SSSR count). The molecule has 0 aliphatic carbocycles. The molecule has 5 unspecified atom stereocenters. The Balaban J connectivity index is 4.54. The third-order valence-electron chi connectivity index (χ3n) is 20.0. The molecule has 5 atom stereocenters. The molecule has 0 spiro atoms. The van der Waals surface area contributed by atoms with Crippen LogP contribution in [-0.4, -0.2) is 95.9 Å². The van der Waals surface area contributed by atoms with E-state index in [0.717, 1.165) is 167 Å². The number of esters is 3. The predicted octanol–water partition coefficient (Wildman–Crippen LogP) is 29.1. The highest BCUT2D eigenvalue weighted by atomic mass is 31.2. The van der Waals surface area contributed by atoms with Crippen molar-refractivity contribution in [2.45, 2.75) is 424 Å². The fourth-order valence-corrected chi connectivity index (χ4v) is 14.4. The molecule has 0 saturated heterocycles. The molecular formula is C99H172O16P2. The first kappa shape index (κ1) is 112. The Hall–Kier alpha value is -4.57. The summed E-state index contributed by atoms with van der Waals surface area (Å²) >= 11 is 0. The molecule has 117 heavy (non-hydrogen) atoms. The zero-order valence-electron chi connectivity index (χ0n) is 74.3. The molecule has 0 aromatic heterocycles. The van der Waals surface area contributed by atoms with E-state index in [9.17, 15) is 43.5 Å². The third kappa shape index (κ3) is 92.0. The Kier molecular flexibility index (Phi) is 87.1. The van der Waals surface area contributed by atoms with E-state index in [1.165, 1.54) is 180 Å². The van der Waals surface area contributed by atoms with Gasteiger partial charge in [0, 0.05) is 19.3 Å². The topological polar surface area (TPSA) is 231 Å². The molecule has 18 heteroatoms. The Morgan fingerprint density at radius 1 is 0.239 bits per heavy atom. The van der Waals surface area contributed by atoms with Gasteiger partial charge < -0.3 is 34.2 Å². The Labute approximate surface area is 715 Å². The highest BCUT2D eigenvalue weighted by Gasteiger charge is 2.29. The number of allylic oxidation sites excluding steroid dienone is 24. The molecule has 0 aromatic rings. The van der Waals surface area contributed by atoms with Crippen LogP contribution in [0.15, 0.2) is 146 Å². The number of phosphoric ester groups is 2. The lowest BCUT2D eigenvalue weighted by Gasteiger charge is -2.21. The highest BCUT2D eigenvalue weighted by Crippen LogP contribution is 2.45. The summed E-state index contributed by atoms with van der Waals surface area (Å²) in [7, 11) is -9.82. The van der Waals surface area contributed by atoms with Crippen molar-refractivity contribution in [3.8, 4) is 0 Å². The average Bonchev–Trinajstić information content (AvgIpc) is 0.904. The van der Waals surface area contributed by atoms with Crippen molar-refractivity contribution in [2.24, 2.45) is 0 Å². The van der Waals surface area contributed by atoms with Crippen molar-refractivity contribution in [2.75, 3.05) is 39.6 Å². The number of rotatable bonds is 89. The Morgan fingerprint density at radius 2 is 0.427 bits per heavy atom. The van der Waals surface area contributed by atoms with E-state index in [1.54, 1.807) is 0 Å². The van der Waals surface area contributed by atoms with Gasteiger partial charge in [-0.05, 0) is 154 Å². The van der Waals surface area contributed by atoms with Gasteiger partial charge in [-0.2, -0.15) is 0 Å². The molecule has 0 aromatic carbocycles. The van der Waals surface area contributed by atoms with E-state index >= 15 is 0 Å². The largest absolute Gasteiger partial charge is 0.472 e. The fraction of sp³-hybridized carbons (Fsp3) is 0.727. The number of ether oxygens (including phenoxy) is 3. The van der Waals surface area contributed by atoms with Crippen LogP contribution in [0.25, 0.3) is 0 Å². The maximum absolute atomic E-state index is 13.1. The van der Waals surface area contributed by atoms with E-state index in [4.69, 9.17) is 32.3 Å². The summed E-state index contributed by atoms with van der Waals surface area (Å²) in [6.45, 7) is 2.63. The van der Waals surface area contributed by atoms with Gasteiger partial charge in [0.15, 0.2) is 6.10 Å². The second-order valence-electron chi connectivity index (χ2n) is 31.5. The van der Waals surface area contributed by atoms with Crippen LogP contribution < -0.4 is 0 Å². The smallest absolute Gasteiger partial charge is 0.463 e. The van der Waals surface area contributed by atoms with Crippen LogP contribution in [-0.2, 0) is 55.8 Å². The number of aliphatic hydroxyl groups is 2. The summed E-state index contributed by atoms with van der Waals surface area (Å²) in [5, 5.41) is 20.7. The minimum atomic E-state index is -4.95. The Bertz CT molecular complexity index is 2710. The molecule has 16 nitrogen and oxygen atoms in total. The minimum Gasteiger partial charge on any atom is -0.463 e. The summed E-state index contributed by atoms with van der Waals surface area (Å²) in [6.07, 6.45) is 115. The van der Waals surface area contributed by atoms with Crippen molar-refractivity contribution < 1.29 is 75.8 Å². The van der Waals surface area contributed by atoms with Gasteiger partial charge in [0.2, 0.25) is 0 Å². The summed E-state index contributed by atoms with van der Waals surface area (Å²) < 4.78 is 61.5. The number of carbonyl (C=O) groups excluding carboxylic acids is 3. The zero-order chi connectivity index (χ0) is 85.1. The van der Waals surface area contributed by atoms with Crippen LogP contribution in [0.4, 0.5) is 0 Å². The van der Waals surface area contributed by atoms with Gasteiger partial charge >= 0.3 is 33.6 Å². The highest BCUT2D eigenvalue weighted by molar-refractivity contribution is 7.47. The molecule has 0 bridgehead atoms. The summed E-state index contributed by atoms with van der Waals surface area (Å²) in [5.74, 6) is -1.59. The molecule has 0 aliphatic rings. The molecule has 0 saturated carbocycles. The van der Waals surface area contributed by atoms with Gasteiger partial charge in [-0.1, -0.05) is 378 Å². The SMILES string of the molecule is CCCCC/C=C\C/C=C\C/C=C\C/C=C\CCCCCCCCCCCCCCCCCCCCCC(=O)OCC(O)COP(=O)(O)OCC(O)COP(=O)(O)OCC(COC(=O)CCCCCCCCC/C=C\C/C=C\C/C=C\C/C=C\CCCCC)OC(=O)CCCCCCCCC/C=C\C/C=C\C/C=C\C/C=C\CCCCC. The first-order valence-corrected chi connectivity index (χ1v) is 50.1. The van der Waals surface area contributed by atoms with Crippen molar-refractivity contribution in [3.63, 3.8) is 0 Å². The van der Waals surface area contributed by atoms with Crippen molar-refractivity contribution in [1.29, 1.82) is 0 Å². The van der Waals surface area contributed by atoms with Crippen molar-refractivity contribution in [1.82, 2.24) is 0 Å². The molecule has 0 heterocycles. The molecule has 0 amide bonds. The molecular weight excluding hydrogens is 1510 g/mol. The number of hydrogen-bond donors (Lipinski definition) is 4. The second kappa shape index (κ2) is 90.7. The van der Waals surface area contributed by atoms with Gasteiger partial charge in [-0.15, -0.1) is 0 Å². The monoisotopic (exact) mass is 1680 g/mol. The van der Waals surface area contributed by atoms with E-state index in [0.29, 0.717) is 19.3 Å². The lowest BCUT2D eigenvalue weighted by atomic mass is 10.0.